The normalized spacial score (nSPS) is 27.2. The Morgan fingerprint density at radius 3 is 3.00 bits per heavy atom. The van der Waals surface area contributed by atoms with Crippen molar-refractivity contribution in [2.24, 2.45) is 11.8 Å². The summed E-state index contributed by atoms with van der Waals surface area (Å²) in [7, 11) is 0. The number of allylic oxidation sites excluding steroid dienone is 1. The number of pyridine rings is 1. The summed E-state index contributed by atoms with van der Waals surface area (Å²) in [6.07, 6.45) is 5.55. The molecule has 1 aliphatic carbocycles. The molecule has 2 aliphatic rings. The van der Waals surface area contributed by atoms with Gasteiger partial charge in [-0.2, -0.15) is 0 Å². The van der Waals surface area contributed by atoms with Crippen molar-refractivity contribution in [1.82, 2.24) is 10.3 Å². The standard InChI is InChI=1S/C13H16N2.ClH/c1-9-13(3-2-4-15-9)10-5-11-7-14-8-12(11)6-10;/h2-5,11-12,14H,6-8H2,1H3;1H. The number of rotatable bonds is 1. The van der Waals surface area contributed by atoms with Gasteiger partial charge in [-0.3, -0.25) is 4.98 Å². The second-order valence-electron chi connectivity index (χ2n) is 4.61. The zero-order chi connectivity index (χ0) is 10.3. The number of fused-ring (bicyclic) bond motifs is 1. The molecular weight excluding hydrogens is 220 g/mol. The fraction of sp³-hybridized carbons (Fsp3) is 0.462. The first-order valence-corrected chi connectivity index (χ1v) is 5.68. The molecule has 1 aliphatic heterocycles. The summed E-state index contributed by atoms with van der Waals surface area (Å²) >= 11 is 0. The molecule has 2 nitrogen and oxygen atoms in total. The van der Waals surface area contributed by atoms with Crippen LogP contribution in [0.1, 0.15) is 17.7 Å². The maximum absolute atomic E-state index is 4.36. The minimum absolute atomic E-state index is 0. The van der Waals surface area contributed by atoms with E-state index in [1.165, 1.54) is 24.1 Å². The first-order valence-electron chi connectivity index (χ1n) is 5.68. The van der Waals surface area contributed by atoms with Crippen LogP contribution in [0.2, 0.25) is 0 Å². The highest BCUT2D eigenvalue weighted by Crippen LogP contribution is 2.38. The van der Waals surface area contributed by atoms with Gasteiger partial charge in [-0.1, -0.05) is 12.1 Å². The van der Waals surface area contributed by atoms with Crippen LogP contribution in [0.4, 0.5) is 0 Å². The van der Waals surface area contributed by atoms with E-state index < -0.39 is 0 Å². The Hall–Kier alpha value is -0.860. The van der Waals surface area contributed by atoms with Gasteiger partial charge >= 0.3 is 0 Å². The number of aryl methyl sites for hydroxylation is 1. The van der Waals surface area contributed by atoms with E-state index in [2.05, 4.69) is 29.4 Å². The molecule has 2 unspecified atom stereocenters. The van der Waals surface area contributed by atoms with E-state index in [0.29, 0.717) is 0 Å². The number of hydrogen-bond donors (Lipinski definition) is 1. The van der Waals surface area contributed by atoms with Crippen molar-refractivity contribution in [1.29, 1.82) is 0 Å². The van der Waals surface area contributed by atoms with Gasteiger partial charge in [-0.25, -0.2) is 0 Å². The molecule has 3 rings (SSSR count). The van der Waals surface area contributed by atoms with Crippen LogP contribution in [0.3, 0.4) is 0 Å². The van der Waals surface area contributed by atoms with E-state index >= 15 is 0 Å². The van der Waals surface area contributed by atoms with Crippen LogP contribution in [-0.2, 0) is 0 Å². The molecule has 0 saturated carbocycles. The third-order valence-corrected chi connectivity index (χ3v) is 3.64. The van der Waals surface area contributed by atoms with Crippen LogP contribution in [0.25, 0.3) is 5.57 Å². The lowest BCUT2D eigenvalue weighted by Crippen LogP contribution is -2.09. The summed E-state index contributed by atoms with van der Waals surface area (Å²) in [4.78, 5) is 4.36. The molecule has 1 aromatic heterocycles. The molecule has 16 heavy (non-hydrogen) atoms. The van der Waals surface area contributed by atoms with Crippen LogP contribution >= 0.6 is 12.4 Å². The average molecular weight is 237 g/mol. The molecule has 1 aromatic rings. The van der Waals surface area contributed by atoms with Crippen LogP contribution in [0.15, 0.2) is 24.4 Å². The van der Waals surface area contributed by atoms with Crippen molar-refractivity contribution >= 4 is 18.0 Å². The Bertz CT molecular complexity index is 414. The summed E-state index contributed by atoms with van der Waals surface area (Å²) < 4.78 is 0. The molecule has 1 fully saturated rings. The number of halogens is 1. The maximum Gasteiger partial charge on any atom is 0.0447 e. The third-order valence-electron chi connectivity index (χ3n) is 3.64. The highest BCUT2D eigenvalue weighted by Gasteiger charge is 2.32. The summed E-state index contributed by atoms with van der Waals surface area (Å²) in [6, 6.07) is 4.23. The molecule has 1 saturated heterocycles. The number of nitrogens with zero attached hydrogens (tertiary/aromatic N) is 1. The Morgan fingerprint density at radius 1 is 1.38 bits per heavy atom. The third kappa shape index (κ3) is 1.87. The van der Waals surface area contributed by atoms with Crippen molar-refractivity contribution in [3.05, 3.63) is 35.7 Å². The van der Waals surface area contributed by atoms with Gasteiger partial charge in [0.15, 0.2) is 0 Å². The molecule has 0 aromatic carbocycles. The van der Waals surface area contributed by atoms with Crippen molar-refractivity contribution < 1.29 is 0 Å². The van der Waals surface area contributed by atoms with E-state index in [9.17, 15) is 0 Å². The van der Waals surface area contributed by atoms with Crippen molar-refractivity contribution in [3.8, 4) is 0 Å². The zero-order valence-electron chi connectivity index (χ0n) is 9.44. The molecule has 86 valence electrons. The molecule has 3 heteroatoms. The maximum atomic E-state index is 4.36. The fourth-order valence-electron chi connectivity index (χ4n) is 2.80. The topological polar surface area (TPSA) is 24.9 Å². The summed E-state index contributed by atoms with van der Waals surface area (Å²) in [6.45, 7) is 4.44. The van der Waals surface area contributed by atoms with Gasteiger partial charge in [0.1, 0.15) is 0 Å². The van der Waals surface area contributed by atoms with Crippen LogP contribution < -0.4 is 5.32 Å². The number of hydrogen-bond acceptors (Lipinski definition) is 2. The Balaban J connectivity index is 0.000000963. The average Bonchev–Trinajstić information content (AvgIpc) is 2.77. The van der Waals surface area contributed by atoms with E-state index in [0.717, 1.165) is 24.1 Å². The summed E-state index contributed by atoms with van der Waals surface area (Å²) in [5.74, 6) is 1.60. The van der Waals surface area contributed by atoms with Crippen LogP contribution in [0, 0.1) is 18.8 Å². The second-order valence-corrected chi connectivity index (χ2v) is 4.61. The van der Waals surface area contributed by atoms with E-state index in [1.54, 1.807) is 0 Å². The van der Waals surface area contributed by atoms with Gasteiger partial charge in [0.05, 0.1) is 0 Å². The van der Waals surface area contributed by atoms with Crippen LogP contribution in [-0.4, -0.2) is 18.1 Å². The molecule has 0 amide bonds. The monoisotopic (exact) mass is 236 g/mol. The predicted molar refractivity (Wildman–Crippen MR) is 68.7 cm³/mol. The first-order chi connectivity index (χ1) is 7.34. The molecule has 0 bridgehead atoms. The Morgan fingerprint density at radius 2 is 2.25 bits per heavy atom. The van der Waals surface area contributed by atoms with Gasteiger partial charge in [0, 0.05) is 18.4 Å². The van der Waals surface area contributed by atoms with Gasteiger partial charge < -0.3 is 5.32 Å². The quantitative estimate of drug-likeness (QED) is 0.810. The van der Waals surface area contributed by atoms with Gasteiger partial charge in [0.2, 0.25) is 0 Å². The highest BCUT2D eigenvalue weighted by molar-refractivity contribution is 5.85. The first kappa shape index (κ1) is 11.6. The van der Waals surface area contributed by atoms with Crippen molar-refractivity contribution in [2.45, 2.75) is 13.3 Å². The van der Waals surface area contributed by atoms with Crippen LogP contribution in [0.5, 0.6) is 0 Å². The van der Waals surface area contributed by atoms with Crippen molar-refractivity contribution in [3.63, 3.8) is 0 Å². The molecule has 0 radical (unpaired) electrons. The van der Waals surface area contributed by atoms with Gasteiger partial charge in [-0.05, 0) is 48.9 Å². The van der Waals surface area contributed by atoms with Gasteiger partial charge in [-0.15, -0.1) is 12.4 Å². The molecular formula is C13H17ClN2. The SMILES string of the molecule is Cc1ncccc1C1=CC2CNCC2C1.Cl. The number of nitrogens with one attached hydrogen (secondary N) is 1. The minimum atomic E-state index is 0. The Labute approximate surface area is 103 Å². The lowest BCUT2D eigenvalue weighted by Gasteiger charge is -2.08. The van der Waals surface area contributed by atoms with Gasteiger partial charge in [0.25, 0.3) is 0 Å². The zero-order valence-corrected chi connectivity index (χ0v) is 10.3. The minimum Gasteiger partial charge on any atom is -0.316 e. The van der Waals surface area contributed by atoms with E-state index in [1.807, 2.05) is 12.3 Å². The molecule has 2 atom stereocenters. The largest absolute Gasteiger partial charge is 0.316 e. The molecule has 0 spiro atoms. The van der Waals surface area contributed by atoms with Crippen molar-refractivity contribution in [2.75, 3.05) is 13.1 Å². The molecule has 2 heterocycles. The second kappa shape index (κ2) is 4.56. The predicted octanol–water partition coefficient (Wildman–Crippen LogP) is 2.43. The highest BCUT2D eigenvalue weighted by atomic mass is 35.5. The van der Waals surface area contributed by atoms with E-state index in [-0.39, 0.29) is 12.4 Å². The molecule has 1 N–H and O–H groups in total. The smallest absolute Gasteiger partial charge is 0.0447 e. The Kier molecular flexibility index (Phi) is 3.31. The fourth-order valence-corrected chi connectivity index (χ4v) is 2.80. The summed E-state index contributed by atoms with van der Waals surface area (Å²) in [5, 5.41) is 3.45. The lowest BCUT2D eigenvalue weighted by molar-refractivity contribution is 0.536. The number of aromatic nitrogens is 1. The van der Waals surface area contributed by atoms with E-state index in [4.69, 9.17) is 0 Å². The summed E-state index contributed by atoms with van der Waals surface area (Å²) in [5.41, 5.74) is 4.03. The lowest BCUT2D eigenvalue weighted by atomic mass is 9.98.